The van der Waals surface area contributed by atoms with Crippen LogP contribution in [-0.4, -0.2) is 18.5 Å². The van der Waals surface area contributed by atoms with Crippen molar-refractivity contribution in [2.24, 2.45) is 0 Å². The Morgan fingerprint density at radius 1 is 1.56 bits per heavy atom. The second-order valence-electron chi connectivity index (χ2n) is 0.455. The molecule has 0 amide bonds. The number of carbonyl (C=O) groups is 1. The predicted octanol–water partition coefficient (Wildman–Crippen LogP) is 1.04. The van der Waals surface area contributed by atoms with Gasteiger partial charge in [-0.1, -0.05) is 0 Å². The Hall–Kier alpha value is 0.733. The summed E-state index contributed by atoms with van der Waals surface area (Å²) < 4.78 is 0. The largest absolute Gasteiger partial charge is 2.00 e. The molecule has 0 unspecified atom stereocenters. The third-order valence-corrected chi connectivity index (χ3v) is 0.118. The third kappa shape index (κ3) is 132. The van der Waals surface area contributed by atoms with Gasteiger partial charge in [-0.15, -0.1) is 23.4 Å². The van der Waals surface area contributed by atoms with Crippen LogP contribution in [0.3, 0.4) is 0 Å². The van der Waals surface area contributed by atoms with Crippen LogP contribution < -0.4 is 0 Å². The van der Waals surface area contributed by atoms with Gasteiger partial charge in [0.2, 0.25) is 0 Å². The number of aliphatic hydroxyl groups is 1. The summed E-state index contributed by atoms with van der Waals surface area (Å²) in [4.78, 5) is 9.11. The first-order valence-corrected chi connectivity index (χ1v) is 1.59. The summed E-state index contributed by atoms with van der Waals surface area (Å²) in [7, 11) is 1.00. The molecule has 9 heavy (non-hydrogen) atoms. The zero-order chi connectivity index (χ0) is 5.41. The fourth-order valence-electron chi connectivity index (χ4n) is 0. The van der Waals surface area contributed by atoms with E-state index in [0.29, 0.717) is 6.42 Å². The number of aldehydes is 1. The van der Waals surface area contributed by atoms with E-state index >= 15 is 0 Å². The smallest absolute Gasteiger partial charge is 0.400 e. The molecule has 0 aliphatic heterocycles. The summed E-state index contributed by atoms with van der Waals surface area (Å²) in [6.45, 7) is 3.24. The van der Waals surface area contributed by atoms with Crippen LogP contribution in [0.5, 0.6) is 0 Å². The van der Waals surface area contributed by atoms with E-state index in [2.05, 4.69) is 6.92 Å². The number of halogens is 1. The molecule has 0 atom stereocenters. The first-order valence-electron chi connectivity index (χ1n) is 1.59. The standard InChI is InChI=1S/C3H5O.CH4O.CH3.BrH.Zn/c1-2-3-4;1-2;;;/h3H,1-2H2;2H,1H3;1H3;1H;/q-1;;-1;;+2. The minimum absolute atomic E-state index is 0. The van der Waals surface area contributed by atoms with E-state index < -0.39 is 0 Å². The normalized spacial score (nSPS) is 3.44. The maximum Gasteiger partial charge on any atom is 2.00 e. The maximum atomic E-state index is 9.11. The predicted molar refractivity (Wildman–Crippen MR) is 40.9 cm³/mol. The average Bonchev–Trinajstić information content (AvgIpc) is 1.72. The molecule has 2 nitrogen and oxygen atoms in total. The zero-order valence-corrected chi connectivity index (χ0v) is 10.6. The maximum absolute atomic E-state index is 9.11. The van der Waals surface area contributed by atoms with Crippen molar-refractivity contribution in [1.82, 2.24) is 0 Å². The Morgan fingerprint density at radius 3 is 1.67 bits per heavy atom. The van der Waals surface area contributed by atoms with Gasteiger partial charge in [-0.3, -0.25) is 0 Å². The van der Waals surface area contributed by atoms with Crippen molar-refractivity contribution in [3.8, 4) is 0 Å². The van der Waals surface area contributed by atoms with Crippen LogP contribution in [0.4, 0.5) is 0 Å². The van der Waals surface area contributed by atoms with Crippen LogP contribution in [0.25, 0.3) is 0 Å². The van der Waals surface area contributed by atoms with Crippen molar-refractivity contribution in [3.05, 3.63) is 14.4 Å². The van der Waals surface area contributed by atoms with E-state index in [4.69, 9.17) is 9.90 Å². The molecule has 1 N–H and O–H groups in total. The summed E-state index contributed by atoms with van der Waals surface area (Å²) in [6.07, 6.45) is 1.15. The third-order valence-electron chi connectivity index (χ3n) is 0.118. The SMILES string of the molecule is Br.CO.[CH2-]CC=O.[CH3-].[Zn+2]. The van der Waals surface area contributed by atoms with Gasteiger partial charge in [-0.2, -0.15) is 0 Å². The van der Waals surface area contributed by atoms with Crippen molar-refractivity contribution in [3.63, 3.8) is 0 Å². The quantitative estimate of drug-likeness (QED) is 0.429. The Morgan fingerprint density at radius 2 is 1.67 bits per heavy atom. The van der Waals surface area contributed by atoms with Gasteiger partial charge < -0.3 is 24.3 Å². The molecule has 0 bridgehead atoms. The Labute approximate surface area is 80.6 Å². The van der Waals surface area contributed by atoms with Gasteiger partial charge >= 0.3 is 19.5 Å². The number of carbonyl (C=O) groups excluding carboxylic acids is 1. The number of rotatable bonds is 1. The first kappa shape index (κ1) is 33.1. The molecule has 0 spiro atoms. The minimum atomic E-state index is 0. The van der Waals surface area contributed by atoms with E-state index in [1.807, 2.05) is 0 Å². The number of hydrogen-bond donors (Lipinski definition) is 1. The molecule has 54 valence electrons. The van der Waals surface area contributed by atoms with Crippen LogP contribution >= 0.6 is 17.0 Å². The summed E-state index contributed by atoms with van der Waals surface area (Å²) in [5.74, 6) is 0. The first-order chi connectivity index (χ1) is 2.91. The molecule has 0 radical (unpaired) electrons. The molecule has 0 saturated carbocycles. The molecule has 0 aromatic heterocycles. The van der Waals surface area contributed by atoms with Gasteiger partial charge in [0.15, 0.2) is 0 Å². The van der Waals surface area contributed by atoms with E-state index in [9.17, 15) is 0 Å². The van der Waals surface area contributed by atoms with Gasteiger partial charge in [-0.25, -0.2) is 0 Å². The average molecular weight is 250 g/mol. The van der Waals surface area contributed by atoms with Gasteiger partial charge in [0.05, 0.1) is 6.29 Å². The number of hydrogen-bond acceptors (Lipinski definition) is 2. The summed E-state index contributed by atoms with van der Waals surface area (Å²) >= 11 is 0. The fourth-order valence-corrected chi connectivity index (χ4v) is 0. The summed E-state index contributed by atoms with van der Waals surface area (Å²) in [6, 6.07) is 0. The van der Waals surface area contributed by atoms with Gasteiger partial charge in [0.25, 0.3) is 0 Å². The molecule has 0 aliphatic carbocycles. The molecular formula is C5H13BrO2Zn. The molecule has 0 fully saturated rings. The van der Waals surface area contributed by atoms with Crippen molar-refractivity contribution in [2.75, 3.05) is 7.11 Å². The summed E-state index contributed by atoms with van der Waals surface area (Å²) in [5.41, 5.74) is 0. The van der Waals surface area contributed by atoms with Gasteiger partial charge in [0.1, 0.15) is 0 Å². The van der Waals surface area contributed by atoms with Crippen LogP contribution in [0, 0.1) is 14.4 Å². The van der Waals surface area contributed by atoms with Crippen molar-refractivity contribution in [1.29, 1.82) is 0 Å². The van der Waals surface area contributed by atoms with Crippen molar-refractivity contribution in [2.45, 2.75) is 6.42 Å². The van der Waals surface area contributed by atoms with Gasteiger partial charge in [0, 0.05) is 7.11 Å². The zero-order valence-electron chi connectivity index (χ0n) is 5.96. The number of aliphatic hydroxyl groups excluding tert-OH is 1. The van der Waals surface area contributed by atoms with E-state index in [-0.39, 0.29) is 43.9 Å². The van der Waals surface area contributed by atoms with E-state index in [1.54, 1.807) is 0 Å². The monoisotopic (exact) mass is 248 g/mol. The minimum Gasteiger partial charge on any atom is -0.400 e. The Balaban J connectivity index is -0.00000000990. The second-order valence-corrected chi connectivity index (χ2v) is 0.455. The second kappa shape index (κ2) is 69.9. The van der Waals surface area contributed by atoms with Crippen molar-refractivity contribution >= 4 is 23.3 Å². The van der Waals surface area contributed by atoms with E-state index in [1.165, 1.54) is 0 Å². The molecule has 0 aliphatic rings. The van der Waals surface area contributed by atoms with Crippen LogP contribution in [-0.2, 0) is 24.3 Å². The molecule has 0 rings (SSSR count). The molecule has 4 heteroatoms. The van der Waals surface area contributed by atoms with Gasteiger partial charge in [-0.05, 0) is 0 Å². The molecule has 0 aromatic rings. The Bertz CT molecular complexity index is 28.9. The molecule has 0 aromatic carbocycles. The Kier molecular flexibility index (Phi) is 257. The molecule has 0 saturated heterocycles. The fraction of sp³-hybridized carbons (Fsp3) is 0.400. The van der Waals surface area contributed by atoms with Crippen LogP contribution in [0.2, 0.25) is 0 Å². The van der Waals surface area contributed by atoms with Crippen LogP contribution in [0.15, 0.2) is 0 Å². The summed E-state index contributed by atoms with van der Waals surface area (Å²) in [5, 5.41) is 7.00. The van der Waals surface area contributed by atoms with Crippen molar-refractivity contribution < 1.29 is 29.4 Å². The van der Waals surface area contributed by atoms with E-state index in [0.717, 1.165) is 13.4 Å². The topological polar surface area (TPSA) is 37.3 Å². The van der Waals surface area contributed by atoms with Crippen LogP contribution in [0.1, 0.15) is 6.42 Å². The molecule has 0 heterocycles. The molecular weight excluding hydrogens is 237 g/mol.